The van der Waals surface area contributed by atoms with Crippen molar-refractivity contribution in [1.29, 1.82) is 0 Å². The van der Waals surface area contributed by atoms with Crippen molar-refractivity contribution in [2.75, 3.05) is 33.2 Å². The third kappa shape index (κ3) is 3.50. The summed E-state index contributed by atoms with van der Waals surface area (Å²) in [6.45, 7) is 9.12. The first kappa shape index (κ1) is 15.3. The Morgan fingerprint density at radius 2 is 2.00 bits per heavy atom. The molecule has 2 aliphatic rings. The van der Waals surface area contributed by atoms with Gasteiger partial charge < -0.3 is 10.6 Å². The first-order chi connectivity index (χ1) is 9.07. The number of nitrogens with two attached hydrogens (primary N) is 1. The number of likely N-dealkylation sites (tertiary alicyclic amines) is 1. The molecule has 1 heterocycles. The molecule has 112 valence electrons. The molecule has 0 spiro atoms. The molecule has 1 saturated carbocycles. The average molecular weight is 267 g/mol. The van der Waals surface area contributed by atoms with Crippen molar-refractivity contribution in [3.8, 4) is 0 Å². The lowest BCUT2D eigenvalue weighted by molar-refractivity contribution is 0.0518. The number of hydrogen-bond donors (Lipinski definition) is 1. The zero-order chi connectivity index (χ0) is 13.9. The molecular weight excluding hydrogens is 234 g/mol. The van der Waals surface area contributed by atoms with Gasteiger partial charge >= 0.3 is 0 Å². The van der Waals surface area contributed by atoms with Gasteiger partial charge in [0.25, 0.3) is 0 Å². The van der Waals surface area contributed by atoms with Gasteiger partial charge in [-0.2, -0.15) is 0 Å². The molecule has 1 saturated heterocycles. The Morgan fingerprint density at radius 3 is 2.47 bits per heavy atom. The van der Waals surface area contributed by atoms with Gasteiger partial charge in [-0.3, -0.25) is 4.90 Å². The maximum Gasteiger partial charge on any atom is 0.0473 e. The van der Waals surface area contributed by atoms with Crippen LogP contribution in [0.1, 0.15) is 52.4 Å². The van der Waals surface area contributed by atoms with E-state index in [9.17, 15) is 0 Å². The van der Waals surface area contributed by atoms with Crippen LogP contribution < -0.4 is 5.73 Å². The minimum absolute atomic E-state index is 0.263. The smallest absolute Gasteiger partial charge is 0.0473 e. The zero-order valence-corrected chi connectivity index (χ0v) is 13.2. The molecule has 1 aliphatic carbocycles. The van der Waals surface area contributed by atoms with Gasteiger partial charge in [-0.15, -0.1) is 0 Å². The van der Waals surface area contributed by atoms with Gasteiger partial charge in [0.2, 0.25) is 0 Å². The Hall–Kier alpha value is -0.120. The van der Waals surface area contributed by atoms with E-state index < -0.39 is 0 Å². The number of nitrogens with zero attached hydrogens (tertiary/aromatic N) is 2. The second-order valence-corrected chi connectivity index (χ2v) is 7.23. The Balaban J connectivity index is 2.09. The van der Waals surface area contributed by atoms with Gasteiger partial charge in [-0.25, -0.2) is 0 Å². The van der Waals surface area contributed by atoms with Crippen LogP contribution in [0.4, 0.5) is 0 Å². The van der Waals surface area contributed by atoms with Gasteiger partial charge in [0.15, 0.2) is 0 Å². The summed E-state index contributed by atoms with van der Waals surface area (Å²) in [5.74, 6) is 0.790. The normalized spacial score (nSPS) is 30.0. The minimum atomic E-state index is 0.263. The van der Waals surface area contributed by atoms with Crippen molar-refractivity contribution < 1.29 is 0 Å². The minimum Gasteiger partial charge on any atom is -0.329 e. The van der Waals surface area contributed by atoms with Crippen LogP contribution in [0, 0.1) is 5.92 Å². The predicted octanol–water partition coefficient (Wildman–Crippen LogP) is 2.31. The second-order valence-electron chi connectivity index (χ2n) is 7.23. The average Bonchev–Trinajstić information content (AvgIpc) is 3.00. The first-order valence-corrected chi connectivity index (χ1v) is 8.23. The highest BCUT2D eigenvalue weighted by molar-refractivity contribution is 5.02. The molecule has 3 nitrogen and oxygen atoms in total. The lowest BCUT2D eigenvalue weighted by Gasteiger charge is -2.45. The molecule has 1 aliphatic heterocycles. The van der Waals surface area contributed by atoms with E-state index in [4.69, 9.17) is 5.73 Å². The molecule has 1 unspecified atom stereocenters. The molecule has 0 bridgehead atoms. The molecule has 0 amide bonds. The van der Waals surface area contributed by atoms with Crippen LogP contribution in [-0.4, -0.2) is 54.6 Å². The van der Waals surface area contributed by atoms with Crippen molar-refractivity contribution in [2.24, 2.45) is 11.7 Å². The lowest BCUT2D eigenvalue weighted by atomic mass is 9.92. The number of likely N-dealkylation sites (N-methyl/N-ethyl adjacent to an activating group) is 1. The van der Waals surface area contributed by atoms with Crippen LogP contribution in [0.5, 0.6) is 0 Å². The Kier molecular flexibility index (Phi) is 5.27. The van der Waals surface area contributed by atoms with Crippen LogP contribution in [0.2, 0.25) is 0 Å². The third-order valence-corrected chi connectivity index (χ3v) is 5.23. The van der Waals surface area contributed by atoms with E-state index in [0.717, 1.165) is 25.0 Å². The van der Waals surface area contributed by atoms with E-state index in [1.165, 1.54) is 51.6 Å². The third-order valence-electron chi connectivity index (χ3n) is 5.23. The Morgan fingerprint density at radius 1 is 1.32 bits per heavy atom. The Labute approximate surface area is 119 Å². The van der Waals surface area contributed by atoms with Gasteiger partial charge in [-0.1, -0.05) is 26.7 Å². The summed E-state index contributed by atoms with van der Waals surface area (Å²) in [7, 11) is 2.24. The summed E-state index contributed by atoms with van der Waals surface area (Å²) in [4.78, 5) is 5.29. The highest BCUT2D eigenvalue weighted by atomic mass is 15.3. The summed E-state index contributed by atoms with van der Waals surface area (Å²) < 4.78 is 0. The molecule has 2 fully saturated rings. The van der Waals surface area contributed by atoms with Crippen LogP contribution >= 0.6 is 0 Å². The monoisotopic (exact) mass is 267 g/mol. The van der Waals surface area contributed by atoms with Gasteiger partial charge in [-0.05, 0) is 51.7 Å². The molecule has 19 heavy (non-hydrogen) atoms. The van der Waals surface area contributed by atoms with Crippen LogP contribution in [0.15, 0.2) is 0 Å². The molecule has 2 N–H and O–H groups in total. The molecule has 1 atom stereocenters. The SMILES string of the molecule is CC(C)CCN(C1CCCC1)C1(CN)CCN(C)C1. The van der Waals surface area contributed by atoms with Crippen molar-refractivity contribution in [3.05, 3.63) is 0 Å². The molecule has 2 rings (SSSR count). The number of hydrogen-bond acceptors (Lipinski definition) is 3. The van der Waals surface area contributed by atoms with Crippen LogP contribution in [0.25, 0.3) is 0 Å². The topological polar surface area (TPSA) is 32.5 Å². The molecule has 0 aromatic carbocycles. The van der Waals surface area contributed by atoms with E-state index >= 15 is 0 Å². The summed E-state index contributed by atoms with van der Waals surface area (Å²) in [6.07, 6.45) is 8.18. The summed E-state index contributed by atoms with van der Waals surface area (Å²) in [5.41, 5.74) is 6.50. The molecule has 0 radical (unpaired) electrons. The van der Waals surface area contributed by atoms with E-state index in [1.54, 1.807) is 0 Å². The number of rotatable bonds is 6. The predicted molar refractivity (Wildman–Crippen MR) is 82.3 cm³/mol. The van der Waals surface area contributed by atoms with Crippen molar-refractivity contribution in [1.82, 2.24) is 9.80 Å². The van der Waals surface area contributed by atoms with E-state index in [-0.39, 0.29) is 5.54 Å². The van der Waals surface area contributed by atoms with Crippen LogP contribution in [-0.2, 0) is 0 Å². The fourth-order valence-corrected chi connectivity index (χ4v) is 4.00. The summed E-state index contributed by atoms with van der Waals surface area (Å²) in [6, 6.07) is 0.800. The van der Waals surface area contributed by atoms with Crippen molar-refractivity contribution in [3.63, 3.8) is 0 Å². The molecule has 0 aromatic heterocycles. The van der Waals surface area contributed by atoms with Crippen LogP contribution in [0.3, 0.4) is 0 Å². The fourth-order valence-electron chi connectivity index (χ4n) is 4.00. The zero-order valence-electron chi connectivity index (χ0n) is 13.2. The van der Waals surface area contributed by atoms with E-state index in [2.05, 4.69) is 30.7 Å². The first-order valence-electron chi connectivity index (χ1n) is 8.23. The lowest BCUT2D eigenvalue weighted by Crippen LogP contribution is -2.59. The maximum atomic E-state index is 6.24. The molecule has 3 heteroatoms. The van der Waals surface area contributed by atoms with Gasteiger partial charge in [0.1, 0.15) is 0 Å². The van der Waals surface area contributed by atoms with E-state index in [1.807, 2.05) is 0 Å². The summed E-state index contributed by atoms with van der Waals surface area (Å²) in [5, 5.41) is 0. The van der Waals surface area contributed by atoms with Gasteiger partial charge in [0.05, 0.1) is 0 Å². The maximum absolute atomic E-state index is 6.24. The van der Waals surface area contributed by atoms with E-state index in [0.29, 0.717) is 0 Å². The second kappa shape index (κ2) is 6.55. The highest BCUT2D eigenvalue weighted by Gasteiger charge is 2.43. The molecular formula is C16H33N3. The fraction of sp³-hybridized carbons (Fsp3) is 1.00. The largest absolute Gasteiger partial charge is 0.329 e. The van der Waals surface area contributed by atoms with Gasteiger partial charge in [0, 0.05) is 24.7 Å². The molecule has 0 aromatic rings. The summed E-state index contributed by atoms with van der Waals surface area (Å²) >= 11 is 0. The standard InChI is InChI=1S/C16H33N3/c1-14(2)8-10-19(15-6-4-5-7-15)16(12-17)9-11-18(3)13-16/h14-15H,4-13,17H2,1-3H3. The quantitative estimate of drug-likeness (QED) is 0.801. The highest BCUT2D eigenvalue weighted by Crippen LogP contribution is 2.34. The van der Waals surface area contributed by atoms with Crippen molar-refractivity contribution in [2.45, 2.75) is 64.0 Å². The van der Waals surface area contributed by atoms with Crippen molar-refractivity contribution >= 4 is 0 Å². The Bertz CT molecular complexity index is 273.